The predicted octanol–water partition coefficient (Wildman–Crippen LogP) is 30.5. The lowest BCUT2D eigenvalue weighted by Gasteiger charge is -2.19. The van der Waals surface area contributed by atoms with Crippen LogP contribution in [0.15, 0.2) is 328 Å². The van der Waals surface area contributed by atoms with Crippen molar-refractivity contribution in [2.45, 2.75) is 0 Å². The molecule has 3 aromatic heterocycles. The minimum atomic E-state index is 1.10. The fourth-order valence-electron chi connectivity index (χ4n) is 21.7. The second kappa shape index (κ2) is 20.3. The maximum absolute atomic E-state index is 4.01. The lowest BCUT2D eigenvalue weighted by molar-refractivity contribution is 1.41. The second-order valence-electron chi connectivity index (χ2n) is 31.8. The molecule has 111 heavy (non-hydrogen) atoms. The van der Waals surface area contributed by atoms with Crippen molar-refractivity contribution in [2.75, 3.05) is 0 Å². The Morgan fingerprint density at radius 1 is 0.117 bits per heavy atom. The maximum atomic E-state index is 4.01. The van der Waals surface area contributed by atoms with Crippen LogP contribution < -0.4 is 0 Å². The highest BCUT2D eigenvalue weighted by atomic mass is 14.7. The molecule has 0 radical (unpaired) electrons. The van der Waals surface area contributed by atoms with Gasteiger partial charge in [-0.1, -0.05) is 291 Å². The molecule has 3 nitrogen and oxygen atoms in total. The SMILES string of the molecule is c1cc2ccc3ccc(-c4ccc5ccc6c(-c7ccc(-c8ccc9ccc%10c(-c%11ccc%12ccc%13c(-c%14ccc(-c%15ccc%16ccc%17c(-c%18cc%19c%20cc%21ccc%22cccc%23ccc(c%20c%19[nH]%18)c%21c%22%23)ccc%18ccc%15c%16c%18%17)[nH]%14)ccc%14ccc%11c%12c%14%13)ccc%11ccc8c9c%11%10)[nH]7)ccc7ccc4c5c76)c4ccc(c1)c2c34. The van der Waals surface area contributed by atoms with Crippen LogP contribution in [0, 0.1) is 0 Å². The van der Waals surface area contributed by atoms with Gasteiger partial charge in [0.05, 0.1) is 5.52 Å². The largest absolute Gasteiger partial charge is 0.355 e. The zero-order valence-electron chi connectivity index (χ0n) is 59.7. The molecule has 28 rings (SSSR count). The van der Waals surface area contributed by atoms with E-state index in [1.165, 1.54) is 266 Å². The van der Waals surface area contributed by atoms with Gasteiger partial charge in [-0.25, -0.2) is 0 Å². The molecular weight excluding hydrogens is 1340 g/mol. The highest BCUT2D eigenvalue weighted by molar-refractivity contribution is 6.41. The molecule has 0 saturated carbocycles. The quantitative estimate of drug-likeness (QED) is 0.133. The summed E-state index contributed by atoms with van der Waals surface area (Å²) in [5.74, 6) is 0. The van der Waals surface area contributed by atoms with E-state index in [0.29, 0.717) is 0 Å². The van der Waals surface area contributed by atoms with Gasteiger partial charge in [-0.2, -0.15) is 0 Å². The number of aromatic amines is 3. The highest BCUT2D eigenvalue weighted by Gasteiger charge is 2.26. The van der Waals surface area contributed by atoms with Crippen LogP contribution in [0.3, 0.4) is 0 Å². The van der Waals surface area contributed by atoms with Gasteiger partial charge in [0.15, 0.2) is 0 Å². The molecule has 0 aliphatic heterocycles. The smallest absolute Gasteiger partial charge is 0.0551 e. The topological polar surface area (TPSA) is 47.4 Å². The van der Waals surface area contributed by atoms with Gasteiger partial charge in [0.25, 0.3) is 0 Å². The van der Waals surface area contributed by atoms with Gasteiger partial charge < -0.3 is 15.0 Å². The van der Waals surface area contributed by atoms with Crippen molar-refractivity contribution in [1.82, 2.24) is 15.0 Å². The number of H-pyrrole nitrogens is 3. The number of rotatable bonds is 7. The standard InChI is InChI=1S/C108H57N3/c1-3-55-7-8-59-11-30-69(78-39-20-57(5-1)95(55)97(59)78)70-31-12-60-24-43-82-73(34-15-63-21-40-79(70)98(60)101(63)82)90-49-50-91(109-90)74-35-16-64-22-41-80-71(32-13-61-25-44-83(74)102(64)99(61)80)72-33-14-62-26-45-84-75(36-17-65-23-42-81(72)100(62)103(65)84)92-51-52-93(110-92)76-37-18-66-28-47-86-77(38-19-67-27-46-85(76)104(66)105(67)86)94-54-89-88-53-68-10-9-56-4-2-6-58-29-48-87(106(68)96(56)58)107(88)108(89)111-94/h1-54,109-111H. The lowest BCUT2D eigenvalue weighted by atomic mass is 9.85. The van der Waals surface area contributed by atoms with Crippen LogP contribution in [0.25, 0.3) is 294 Å². The molecule has 0 bridgehead atoms. The van der Waals surface area contributed by atoms with Gasteiger partial charge in [-0.3, -0.25) is 0 Å². The fourth-order valence-corrected chi connectivity index (χ4v) is 21.7. The Bertz CT molecular complexity index is 8930. The Morgan fingerprint density at radius 3 is 0.640 bits per heavy atom. The van der Waals surface area contributed by atoms with Crippen LogP contribution in [-0.2, 0) is 0 Å². The summed E-state index contributed by atoms with van der Waals surface area (Å²) in [5, 5.41) is 50.3. The van der Waals surface area contributed by atoms with E-state index in [2.05, 4.69) is 343 Å². The summed E-state index contributed by atoms with van der Waals surface area (Å²) in [6.45, 7) is 0. The van der Waals surface area contributed by atoms with Crippen molar-refractivity contribution >= 4 is 216 Å². The number of benzene rings is 24. The highest BCUT2D eigenvalue weighted by Crippen LogP contribution is 2.53. The summed E-state index contributed by atoms with van der Waals surface area (Å²) >= 11 is 0. The van der Waals surface area contributed by atoms with Gasteiger partial charge in [0.1, 0.15) is 0 Å². The molecular formula is C108H57N3. The Morgan fingerprint density at radius 2 is 0.333 bits per heavy atom. The minimum absolute atomic E-state index is 1.10. The van der Waals surface area contributed by atoms with Crippen molar-refractivity contribution in [3.63, 3.8) is 0 Å². The zero-order chi connectivity index (χ0) is 71.5. The van der Waals surface area contributed by atoms with Gasteiger partial charge in [-0.05, 0) is 258 Å². The Hall–Kier alpha value is -14.6. The maximum Gasteiger partial charge on any atom is 0.0551 e. The average molecular weight is 1400 g/mol. The Kier molecular flexibility index (Phi) is 10.5. The van der Waals surface area contributed by atoms with E-state index in [1.807, 2.05) is 0 Å². The average Bonchev–Trinajstić information content (AvgIpc) is 1.45. The molecule has 0 aliphatic rings. The molecule has 3 heterocycles. The molecule has 0 atom stereocenters. The van der Waals surface area contributed by atoms with Gasteiger partial charge >= 0.3 is 0 Å². The van der Waals surface area contributed by atoms with Crippen LogP contribution in [0.4, 0.5) is 0 Å². The van der Waals surface area contributed by atoms with E-state index in [-0.39, 0.29) is 0 Å². The van der Waals surface area contributed by atoms with E-state index in [0.717, 1.165) is 28.5 Å². The summed E-state index contributed by atoms with van der Waals surface area (Å²) in [5.41, 5.74) is 17.9. The molecule has 0 aliphatic carbocycles. The Balaban J connectivity index is 0.527. The minimum Gasteiger partial charge on any atom is -0.355 e. The van der Waals surface area contributed by atoms with E-state index in [4.69, 9.17) is 0 Å². The number of fused-ring (bicyclic) bond motifs is 5. The molecule has 0 amide bonds. The first-order valence-electron chi connectivity index (χ1n) is 38.8. The molecule has 0 saturated heterocycles. The lowest BCUT2D eigenvalue weighted by Crippen LogP contribution is -1.92. The number of aromatic nitrogens is 3. The van der Waals surface area contributed by atoms with Crippen LogP contribution in [0.2, 0.25) is 0 Å². The Labute approximate surface area is 632 Å². The summed E-state index contributed by atoms with van der Waals surface area (Å²) in [6, 6.07) is 125. The summed E-state index contributed by atoms with van der Waals surface area (Å²) in [4.78, 5) is 12.0. The van der Waals surface area contributed by atoms with Crippen molar-refractivity contribution < 1.29 is 0 Å². The van der Waals surface area contributed by atoms with Crippen LogP contribution in [0.5, 0.6) is 0 Å². The molecule has 504 valence electrons. The van der Waals surface area contributed by atoms with E-state index >= 15 is 0 Å². The predicted molar refractivity (Wildman–Crippen MR) is 476 cm³/mol. The van der Waals surface area contributed by atoms with Crippen LogP contribution in [-0.4, -0.2) is 15.0 Å². The number of nitrogens with one attached hydrogen (secondary N) is 3. The van der Waals surface area contributed by atoms with Crippen molar-refractivity contribution in [3.8, 4) is 78.5 Å². The van der Waals surface area contributed by atoms with Gasteiger partial charge in [0.2, 0.25) is 0 Å². The zero-order valence-corrected chi connectivity index (χ0v) is 59.7. The van der Waals surface area contributed by atoms with Crippen LogP contribution in [0.1, 0.15) is 0 Å². The van der Waals surface area contributed by atoms with Crippen molar-refractivity contribution in [1.29, 1.82) is 0 Å². The summed E-state index contributed by atoms with van der Waals surface area (Å²) in [6.07, 6.45) is 0. The third-order valence-electron chi connectivity index (χ3n) is 26.6. The monoisotopic (exact) mass is 1400 g/mol. The third kappa shape index (κ3) is 7.35. The van der Waals surface area contributed by atoms with Gasteiger partial charge in [-0.15, -0.1) is 0 Å². The first kappa shape index (κ1) is 57.6. The van der Waals surface area contributed by atoms with E-state index in [9.17, 15) is 0 Å². The van der Waals surface area contributed by atoms with E-state index in [1.54, 1.807) is 0 Å². The van der Waals surface area contributed by atoms with Crippen molar-refractivity contribution in [3.05, 3.63) is 328 Å². The van der Waals surface area contributed by atoms with E-state index < -0.39 is 0 Å². The van der Waals surface area contributed by atoms with Crippen molar-refractivity contribution in [2.24, 2.45) is 0 Å². The second-order valence-corrected chi connectivity index (χ2v) is 31.8. The fraction of sp³-hybridized carbons (Fsp3) is 0. The van der Waals surface area contributed by atoms with Gasteiger partial charge in [0, 0.05) is 67.1 Å². The van der Waals surface area contributed by atoms with Crippen LogP contribution >= 0.6 is 0 Å². The summed E-state index contributed by atoms with van der Waals surface area (Å²) in [7, 11) is 0. The molecule has 3 heteroatoms. The molecule has 25 aromatic carbocycles. The molecule has 28 aromatic rings. The number of hydrogen-bond donors (Lipinski definition) is 3. The first-order valence-corrected chi connectivity index (χ1v) is 38.8. The summed E-state index contributed by atoms with van der Waals surface area (Å²) < 4.78 is 0. The molecule has 0 unspecified atom stereocenters. The third-order valence-corrected chi connectivity index (χ3v) is 26.6. The normalized spacial score (nSPS) is 12.9. The molecule has 3 N–H and O–H groups in total. The molecule has 0 spiro atoms. The first-order chi connectivity index (χ1) is 55.0. The molecule has 0 fully saturated rings. The number of hydrogen-bond acceptors (Lipinski definition) is 0.